The number of aryl methyl sites for hydroxylation is 1. The van der Waals surface area contributed by atoms with Crippen molar-refractivity contribution in [2.45, 2.75) is 26.3 Å². The summed E-state index contributed by atoms with van der Waals surface area (Å²) in [6.45, 7) is 3.87. The lowest BCUT2D eigenvalue weighted by molar-refractivity contribution is -0.143. The Morgan fingerprint density at radius 3 is 2.18 bits per heavy atom. The van der Waals surface area contributed by atoms with Gasteiger partial charge in [0.05, 0.1) is 22.7 Å². The van der Waals surface area contributed by atoms with E-state index in [-0.39, 0.29) is 19.1 Å². The molecular formula is C26H23ClN2O3S. The van der Waals surface area contributed by atoms with Gasteiger partial charge in [-0.1, -0.05) is 83.6 Å². The highest BCUT2D eigenvalue weighted by molar-refractivity contribution is 7.16. The van der Waals surface area contributed by atoms with E-state index in [1.165, 1.54) is 11.3 Å². The number of carbonyl (C=O) groups excluding carboxylic acids is 2. The van der Waals surface area contributed by atoms with Gasteiger partial charge in [0, 0.05) is 5.02 Å². The van der Waals surface area contributed by atoms with Crippen LogP contribution in [0.3, 0.4) is 0 Å². The topological polar surface area (TPSA) is 60.7 Å². The lowest BCUT2D eigenvalue weighted by Gasteiger charge is -2.14. The number of hydrogen-bond donors (Lipinski definition) is 0. The van der Waals surface area contributed by atoms with Crippen molar-refractivity contribution in [1.29, 1.82) is 0 Å². The second-order valence-electron chi connectivity index (χ2n) is 7.50. The SMILES string of the molecule is CCOC(=O)Cn1c(=NC(=O)C(c2ccccc2)c2ccccc2)sc2ccc(Cl)c(C)c21. The summed E-state index contributed by atoms with van der Waals surface area (Å²) >= 11 is 7.71. The smallest absolute Gasteiger partial charge is 0.326 e. The molecule has 4 rings (SSSR count). The summed E-state index contributed by atoms with van der Waals surface area (Å²) < 4.78 is 7.78. The van der Waals surface area contributed by atoms with Crippen LogP contribution >= 0.6 is 22.9 Å². The number of rotatable bonds is 6. The molecule has 4 aromatic rings. The molecule has 168 valence electrons. The third kappa shape index (κ3) is 4.92. The first-order valence-electron chi connectivity index (χ1n) is 10.6. The number of esters is 1. The van der Waals surface area contributed by atoms with E-state index in [1.54, 1.807) is 11.5 Å². The van der Waals surface area contributed by atoms with E-state index < -0.39 is 11.9 Å². The molecule has 7 heteroatoms. The highest BCUT2D eigenvalue weighted by atomic mass is 35.5. The van der Waals surface area contributed by atoms with Gasteiger partial charge >= 0.3 is 5.97 Å². The average Bonchev–Trinajstić information content (AvgIpc) is 3.15. The number of thiazole rings is 1. The Balaban J connectivity index is 1.88. The minimum absolute atomic E-state index is 0.0531. The predicted molar refractivity (Wildman–Crippen MR) is 131 cm³/mol. The van der Waals surface area contributed by atoms with Crippen LogP contribution in [0.15, 0.2) is 77.8 Å². The molecular weight excluding hydrogens is 456 g/mol. The molecule has 0 aliphatic rings. The van der Waals surface area contributed by atoms with Crippen molar-refractivity contribution in [2.24, 2.45) is 4.99 Å². The predicted octanol–water partition coefficient (Wildman–Crippen LogP) is 5.49. The minimum atomic E-state index is -0.557. The zero-order valence-corrected chi connectivity index (χ0v) is 19.9. The Morgan fingerprint density at radius 1 is 1.00 bits per heavy atom. The molecule has 0 saturated carbocycles. The van der Waals surface area contributed by atoms with Crippen LogP contribution in [-0.2, 0) is 20.9 Å². The monoisotopic (exact) mass is 478 g/mol. The molecule has 0 saturated heterocycles. The van der Waals surface area contributed by atoms with Gasteiger partial charge in [0.2, 0.25) is 0 Å². The minimum Gasteiger partial charge on any atom is -0.465 e. The van der Waals surface area contributed by atoms with Gasteiger partial charge in [0.25, 0.3) is 5.91 Å². The normalized spacial score (nSPS) is 11.8. The van der Waals surface area contributed by atoms with Crippen LogP contribution in [0, 0.1) is 6.92 Å². The van der Waals surface area contributed by atoms with Crippen LogP contribution in [-0.4, -0.2) is 23.1 Å². The van der Waals surface area contributed by atoms with E-state index in [0.717, 1.165) is 26.9 Å². The third-order valence-corrected chi connectivity index (χ3v) is 6.79. The Labute approximate surface area is 200 Å². The molecule has 0 aliphatic carbocycles. The largest absolute Gasteiger partial charge is 0.465 e. The lowest BCUT2D eigenvalue weighted by atomic mass is 9.91. The van der Waals surface area contributed by atoms with Crippen LogP contribution in [0.5, 0.6) is 0 Å². The molecule has 0 bridgehead atoms. The van der Waals surface area contributed by atoms with Gasteiger partial charge in [-0.2, -0.15) is 4.99 Å². The summed E-state index contributed by atoms with van der Waals surface area (Å²) in [7, 11) is 0. The van der Waals surface area contributed by atoms with Crippen molar-refractivity contribution in [1.82, 2.24) is 4.57 Å². The summed E-state index contributed by atoms with van der Waals surface area (Å²) in [5.74, 6) is -1.26. The van der Waals surface area contributed by atoms with Gasteiger partial charge in [0.1, 0.15) is 6.54 Å². The number of halogens is 1. The maximum absolute atomic E-state index is 13.6. The Bertz CT molecular complexity index is 1320. The molecule has 3 aromatic carbocycles. The number of ether oxygens (including phenoxy) is 1. The molecule has 0 aliphatic heterocycles. The van der Waals surface area contributed by atoms with E-state index in [0.29, 0.717) is 9.82 Å². The van der Waals surface area contributed by atoms with E-state index in [4.69, 9.17) is 16.3 Å². The van der Waals surface area contributed by atoms with Crippen molar-refractivity contribution >= 4 is 45.0 Å². The fourth-order valence-corrected chi connectivity index (χ4v) is 5.06. The molecule has 1 heterocycles. The van der Waals surface area contributed by atoms with Gasteiger partial charge in [0.15, 0.2) is 4.80 Å². The van der Waals surface area contributed by atoms with Gasteiger partial charge in [-0.3, -0.25) is 9.59 Å². The number of fused-ring (bicyclic) bond motifs is 1. The zero-order chi connectivity index (χ0) is 23.4. The number of aromatic nitrogens is 1. The van der Waals surface area contributed by atoms with E-state index in [9.17, 15) is 9.59 Å². The number of hydrogen-bond acceptors (Lipinski definition) is 4. The third-order valence-electron chi connectivity index (χ3n) is 5.34. The molecule has 5 nitrogen and oxygen atoms in total. The average molecular weight is 479 g/mol. The number of nitrogens with zero attached hydrogens (tertiary/aromatic N) is 2. The summed E-state index contributed by atoms with van der Waals surface area (Å²) in [5.41, 5.74) is 3.32. The maximum Gasteiger partial charge on any atom is 0.326 e. The number of benzene rings is 3. The Kier molecular flexibility index (Phi) is 7.06. The molecule has 33 heavy (non-hydrogen) atoms. The summed E-state index contributed by atoms with van der Waals surface area (Å²) in [5, 5.41) is 0.585. The zero-order valence-electron chi connectivity index (χ0n) is 18.3. The molecule has 0 fully saturated rings. The van der Waals surface area contributed by atoms with E-state index >= 15 is 0 Å². The maximum atomic E-state index is 13.6. The molecule has 0 radical (unpaired) electrons. The van der Waals surface area contributed by atoms with Crippen molar-refractivity contribution in [2.75, 3.05) is 6.61 Å². The van der Waals surface area contributed by atoms with E-state index in [1.807, 2.05) is 79.7 Å². The van der Waals surface area contributed by atoms with Crippen LogP contribution in [0.1, 0.15) is 29.5 Å². The highest BCUT2D eigenvalue weighted by Gasteiger charge is 2.23. The van der Waals surface area contributed by atoms with Crippen LogP contribution < -0.4 is 4.80 Å². The first-order valence-corrected chi connectivity index (χ1v) is 11.8. The van der Waals surface area contributed by atoms with Crippen molar-refractivity contribution in [3.63, 3.8) is 0 Å². The van der Waals surface area contributed by atoms with Crippen LogP contribution in [0.4, 0.5) is 0 Å². The fourth-order valence-electron chi connectivity index (χ4n) is 3.81. The molecule has 0 N–H and O–H groups in total. The second kappa shape index (κ2) is 10.1. The highest BCUT2D eigenvalue weighted by Crippen LogP contribution is 2.29. The van der Waals surface area contributed by atoms with Gasteiger partial charge in [-0.15, -0.1) is 0 Å². The lowest BCUT2D eigenvalue weighted by Crippen LogP contribution is -2.24. The molecule has 0 unspecified atom stereocenters. The van der Waals surface area contributed by atoms with Crippen LogP contribution in [0.2, 0.25) is 5.02 Å². The number of amides is 1. The van der Waals surface area contributed by atoms with Gasteiger partial charge < -0.3 is 9.30 Å². The van der Waals surface area contributed by atoms with Gasteiger partial charge in [-0.25, -0.2) is 0 Å². The summed E-state index contributed by atoms with van der Waals surface area (Å²) in [6, 6.07) is 22.8. The second-order valence-corrected chi connectivity index (χ2v) is 8.92. The first kappa shape index (κ1) is 23.0. The fraction of sp³-hybridized carbons (Fsp3) is 0.192. The molecule has 0 atom stereocenters. The molecule has 0 spiro atoms. The molecule has 1 amide bonds. The Hall–Kier alpha value is -3.22. The van der Waals surface area contributed by atoms with Crippen molar-refractivity contribution in [3.05, 3.63) is 99.3 Å². The molecule has 1 aromatic heterocycles. The van der Waals surface area contributed by atoms with Crippen LogP contribution in [0.25, 0.3) is 10.2 Å². The van der Waals surface area contributed by atoms with Crippen molar-refractivity contribution in [3.8, 4) is 0 Å². The number of carbonyl (C=O) groups is 2. The van der Waals surface area contributed by atoms with Gasteiger partial charge in [-0.05, 0) is 42.7 Å². The summed E-state index contributed by atoms with van der Waals surface area (Å²) in [6.07, 6.45) is 0. The Morgan fingerprint density at radius 2 is 1.61 bits per heavy atom. The summed E-state index contributed by atoms with van der Waals surface area (Å²) in [4.78, 5) is 30.9. The van der Waals surface area contributed by atoms with E-state index in [2.05, 4.69) is 4.99 Å². The quantitative estimate of drug-likeness (QED) is 0.344. The first-order chi connectivity index (χ1) is 16.0. The standard InChI is InChI=1S/C26H23ClN2O3S/c1-3-32-22(30)16-29-24-17(2)20(27)14-15-21(24)33-26(29)28-25(31)23(18-10-6-4-7-11-18)19-12-8-5-9-13-19/h4-15,23H,3,16H2,1-2H3. The van der Waals surface area contributed by atoms with Crippen molar-refractivity contribution < 1.29 is 14.3 Å².